The van der Waals surface area contributed by atoms with Crippen molar-refractivity contribution in [2.75, 3.05) is 5.88 Å². The van der Waals surface area contributed by atoms with Gasteiger partial charge in [-0.1, -0.05) is 0 Å². The molecule has 0 aromatic carbocycles. The van der Waals surface area contributed by atoms with Crippen LogP contribution in [0.1, 0.15) is 15.2 Å². The third kappa shape index (κ3) is 2.80. The summed E-state index contributed by atoms with van der Waals surface area (Å²) in [6.45, 7) is 0. The van der Waals surface area contributed by atoms with Gasteiger partial charge in [0.05, 0.1) is 5.30 Å². The lowest BCUT2D eigenvalue weighted by Gasteiger charge is -2.06. The molecule has 5 nitrogen and oxygen atoms in total. The Morgan fingerprint density at radius 3 is 2.53 bits per heavy atom. The molecule has 1 heterocycles. The molecule has 0 aliphatic carbocycles. The van der Waals surface area contributed by atoms with Crippen LogP contribution < -0.4 is 5.30 Å². The monoisotopic (exact) mass is 270 g/mol. The van der Waals surface area contributed by atoms with Crippen LogP contribution in [0, 0.1) is 0 Å². The molecule has 84 valence electrons. The first-order valence-electron chi connectivity index (χ1n) is 3.83. The van der Waals surface area contributed by atoms with E-state index in [9.17, 15) is 9.36 Å². The first-order valence-corrected chi connectivity index (χ1v) is 6.86. The van der Waals surface area contributed by atoms with Gasteiger partial charge in [-0.3, -0.25) is 4.57 Å². The van der Waals surface area contributed by atoms with Crippen LogP contribution in [0.2, 0.25) is 0 Å². The zero-order chi connectivity index (χ0) is 11.6. The highest BCUT2D eigenvalue weighted by molar-refractivity contribution is 7.61. The average Bonchev–Trinajstić information content (AvgIpc) is 2.47. The van der Waals surface area contributed by atoms with Gasteiger partial charge in [-0.15, -0.1) is 22.9 Å². The number of carboxylic acids is 1. The first-order chi connectivity index (χ1) is 6.88. The molecule has 0 aliphatic rings. The Bertz CT molecular complexity index is 423. The standard InChI is InChI=1S/C7H8ClO5PS/c8-2-1-4-3-15-6(7(9)10)5(4)14(11,12)13/h3H,1-2H2,(H,9,10)(H2,11,12,13). The van der Waals surface area contributed by atoms with Gasteiger partial charge in [0.2, 0.25) is 0 Å². The number of aromatic carboxylic acids is 1. The maximum absolute atomic E-state index is 11.1. The van der Waals surface area contributed by atoms with Crippen molar-refractivity contribution >= 4 is 41.8 Å². The number of alkyl halides is 1. The second-order valence-corrected chi connectivity index (χ2v) is 5.52. The summed E-state index contributed by atoms with van der Waals surface area (Å²) in [7, 11) is -4.56. The molecule has 0 saturated carbocycles. The van der Waals surface area contributed by atoms with Crippen LogP contribution >= 0.6 is 30.5 Å². The van der Waals surface area contributed by atoms with Gasteiger partial charge < -0.3 is 14.9 Å². The summed E-state index contributed by atoms with van der Waals surface area (Å²) in [5.74, 6) is -1.15. The number of carboxylic acid groups (broad SMARTS) is 1. The number of hydrogen-bond acceptors (Lipinski definition) is 3. The quantitative estimate of drug-likeness (QED) is 0.561. The Balaban J connectivity index is 3.33. The Labute approximate surface area is 94.5 Å². The smallest absolute Gasteiger partial charge is 0.358 e. The van der Waals surface area contributed by atoms with Crippen LogP contribution in [0.25, 0.3) is 0 Å². The van der Waals surface area contributed by atoms with Gasteiger partial charge in [0.1, 0.15) is 4.88 Å². The zero-order valence-electron chi connectivity index (χ0n) is 7.38. The minimum absolute atomic E-state index is 0.183. The van der Waals surface area contributed by atoms with Gasteiger partial charge in [0, 0.05) is 5.88 Å². The van der Waals surface area contributed by atoms with E-state index in [2.05, 4.69) is 0 Å². The molecule has 1 aromatic rings. The molecule has 0 radical (unpaired) electrons. The normalized spacial score (nSPS) is 11.7. The maximum Gasteiger partial charge on any atom is 0.358 e. The molecule has 0 spiro atoms. The fourth-order valence-corrected chi connectivity index (χ4v) is 3.69. The number of halogens is 1. The lowest BCUT2D eigenvalue weighted by Crippen LogP contribution is -2.15. The topological polar surface area (TPSA) is 94.8 Å². The largest absolute Gasteiger partial charge is 0.477 e. The van der Waals surface area contributed by atoms with E-state index in [4.69, 9.17) is 26.5 Å². The van der Waals surface area contributed by atoms with Gasteiger partial charge >= 0.3 is 13.6 Å². The summed E-state index contributed by atoms with van der Waals surface area (Å²) in [5, 5.41) is 9.76. The molecule has 1 rings (SSSR count). The molecule has 0 amide bonds. The Morgan fingerprint density at radius 1 is 1.53 bits per heavy atom. The summed E-state index contributed by atoms with van der Waals surface area (Å²) in [6.07, 6.45) is 0.242. The van der Waals surface area contributed by atoms with Crippen LogP contribution in [-0.4, -0.2) is 26.7 Å². The van der Waals surface area contributed by atoms with Crippen LogP contribution in [0.15, 0.2) is 5.38 Å². The second kappa shape index (κ2) is 4.63. The number of thiophene rings is 1. The second-order valence-electron chi connectivity index (χ2n) is 2.73. The van der Waals surface area contributed by atoms with E-state index >= 15 is 0 Å². The molecule has 8 heteroatoms. The Kier molecular flexibility index (Phi) is 3.92. The van der Waals surface area contributed by atoms with Gasteiger partial charge in [-0.05, 0) is 17.4 Å². The van der Waals surface area contributed by atoms with E-state index in [0.29, 0.717) is 5.56 Å². The van der Waals surface area contributed by atoms with Crippen LogP contribution in [0.5, 0.6) is 0 Å². The number of carbonyl (C=O) groups is 1. The minimum Gasteiger partial charge on any atom is -0.477 e. The summed E-state index contributed by atoms with van der Waals surface area (Å²) < 4.78 is 11.1. The van der Waals surface area contributed by atoms with Gasteiger partial charge in [0.25, 0.3) is 0 Å². The molecule has 0 unspecified atom stereocenters. The van der Waals surface area contributed by atoms with Crippen LogP contribution in [-0.2, 0) is 11.0 Å². The van der Waals surface area contributed by atoms with Crippen molar-refractivity contribution in [2.45, 2.75) is 6.42 Å². The summed E-state index contributed by atoms with van der Waals surface area (Å²) in [4.78, 5) is 28.5. The van der Waals surface area contributed by atoms with E-state index < -0.39 is 18.9 Å². The molecule has 1 aromatic heterocycles. The minimum atomic E-state index is -4.56. The van der Waals surface area contributed by atoms with E-state index in [1.807, 2.05) is 0 Å². The lowest BCUT2D eigenvalue weighted by atomic mass is 10.2. The van der Waals surface area contributed by atoms with Crippen molar-refractivity contribution in [3.05, 3.63) is 15.8 Å². The highest BCUT2D eigenvalue weighted by Crippen LogP contribution is 2.38. The molecular weight excluding hydrogens is 263 g/mol. The third-order valence-electron chi connectivity index (χ3n) is 1.69. The maximum atomic E-state index is 11.1. The summed E-state index contributed by atoms with van der Waals surface area (Å²) >= 11 is 6.25. The molecule has 0 saturated heterocycles. The Morgan fingerprint density at radius 2 is 2.13 bits per heavy atom. The molecule has 0 fully saturated rings. The van der Waals surface area contributed by atoms with E-state index in [0.717, 1.165) is 11.3 Å². The predicted octanol–water partition coefficient (Wildman–Crippen LogP) is 1.03. The van der Waals surface area contributed by atoms with E-state index in [1.54, 1.807) is 0 Å². The average molecular weight is 271 g/mol. The van der Waals surface area contributed by atoms with Crippen molar-refractivity contribution in [3.63, 3.8) is 0 Å². The van der Waals surface area contributed by atoms with Crippen molar-refractivity contribution in [3.8, 4) is 0 Å². The van der Waals surface area contributed by atoms with Crippen LogP contribution in [0.3, 0.4) is 0 Å². The fourth-order valence-electron chi connectivity index (χ4n) is 1.14. The molecule has 15 heavy (non-hydrogen) atoms. The van der Waals surface area contributed by atoms with Gasteiger partial charge in [0.15, 0.2) is 0 Å². The third-order valence-corrected chi connectivity index (χ3v) is 4.14. The number of hydrogen-bond donors (Lipinski definition) is 3. The highest BCUT2D eigenvalue weighted by atomic mass is 35.5. The van der Waals surface area contributed by atoms with Gasteiger partial charge in [-0.2, -0.15) is 0 Å². The van der Waals surface area contributed by atoms with Crippen molar-refractivity contribution in [1.29, 1.82) is 0 Å². The van der Waals surface area contributed by atoms with Crippen molar-refractivity contribution in [2.24, 2.45) is 0 Å². The summed E-state index contributed by atoms with van der Waals surface area (Å²) in [5.41, 5.74) is 0.306. The fraction of sp³-hybridized carbons (Fsp3) is 0.286. The van der Waals surface area contributed by atoms with Gasteiger partial charge in [-0.25, -0.2) is 4.79 Å². The summed E-state index contributed by atoms with van der Waals surface area (Å²) in [6, 6.07) is 0. The highest BCUT2D eigenvalue weighted by Gasteiger charge is 2.30. The molecule has 0 aliphatic heterocycles. The first kappa shape index (κ1) is 12.7. The molecule has 3 N–H and O–H groups in total. The molecule has 0 bridgehead atoms. The lowest BCUT2D eigenvalue weighted by molar-refractivity contribution is 0.0703. The number of aryl methyl sites for hydroxylation is 1. The Hall–Kier alpha value is -0.390. The van der Waals surface area contributed by atoms with Crippen molar-refractivity contribution < 1.29 is 24.3 Å². The van der Waals surface area contributed by atoms with E-state index in [-0.39, 0.29) is 17.2 Å². The SMILES string of the molecule is O=C(O)c1scc(CCCl)c1P(=O)(O)O. The van der Waals surface area contributed by atoms with Crippen LogP contribution in [0.4, 0.5) is 0 Å². The predicted molar refractivity (Wildman–Crippen MR) is 57.4 cm³/mol. The molecule has 0 atom stereocenters. The zero-order valence-corrected chi connectivity index (χ0v) is 9.85. The number of rotatable bonds is 4. The van der Waals surface area contributed by atoms with E-state index in [1.165, 1.54) is 5.38 Å². The van der Waals surface area contributed by atoms with Crippen molar-refractivity contribution in [1.82, 2.24) is 0 Å². The molecular formula is C7H8ClO5PS.